The molecule has 0 radical (unpaired) electrons. The van der Waals surface area contributed by atoms with Gasteiger partial charge in [-0.1, -0.05) is 30.3 Å². The van der Waals surface area contributed by atoms with Gasteiger partial charge < -0.3 is 15.0 Å². The highest BCUT2D eigenvalue weighted by Crippen LogP contribution is 2.23. The number of carbonyl (C=O) groups is 2. The summed E-state index contributed by atoms with van der Waals surface area (Å²) in [6.45, 7) is 7.86. The van der Waals surface area contributed by atoms with Crippen LogP contribution in [0.5, 0.6) is 0 Å². The first kappa shape index (κ1) is 15.4. The van der Waals surface area contributed by atoms with Crippen LogP contribution in [0.25, 0.3) is 0 Å². The number of likely N-dealkylation sites (tertiary alicyclic amines) is 1. The lowest BCUT2D eigenvalue weighted by atomic mass is 9.96. The van der Waals surface area contributed by atoms with Crippen molar-refractivity contribution in [3.63, 3.8) is 0 Å². The molecule has 0 bridgehead atoms. The quantitative estimate of drug-likeness (QED) is 0.869. The maximum absolute atomic E-state index is 12.1. The zero-order chi connectivity index (χ0) is 15.6. The fraction of sp³-hybridized carbons (Fsp3) is 0.500. The van der Waals surface area contributed by atoms with Crippen LogP contribution >= 0.6 is 0 Å². The number of benzene rings is 1. The van der Waals surface area contributed by atoms with Crippen molar-refractivity contribution >= 4 is 12.0 Å². The van der Waals surface area contributed by atoms with Crippen molar-refractivity contribution in [3.05, 3.63) is 35.9 Å². The molecule has 5 nitrogen and oxygen atoms in total. The monoisotopic (exact) mass is 290 g/mol. The summed E-state index contributed by atoms with van der Waals surface area (Å²) in [5.74, 6) is -0.0720. The van der Waals surface area contributed by atoms with Crippen LogP contribution in [0.1, 0.15) is 33.3 Å². The zero-order valence-electron chi connectivity index (χ0n) is 12.9. The summed E-state index contributed by atoms with van der Waals surface area (Å²) < 4.78 is 5.17. The molecular formula is C16H22N2O3. The van der Waals surface area contributed by atoms with Gasteiger partial charge in [0.15, 0.2) is 0 Å². The second-order valence-corrected chi connectivity index (χ2v) is 6.32. The fourth-order valence-corrected chi connectivity index (χ4v) is 2.30. The SMILES string of the molecule is C[C@@H]1[C@H](NC(=O)OC(C)(C)C)C(=O)N1Cc1ccccc1. The predicted octanol–water partition coefficient (Wildman–Crippen LogP) is 2.31. The Labute approximate surface area is 125 Å². The predicted molar refractivity (Wildman–Crippen MR) is 79.6 cm³/mol. The first-order valence-electron chi connectivity index (χ1n) is 7.12. The highest BCUT2D eigenvalue weighted by Gasteiger charge is 2.45. The number of carbonyl (C=O) groups excluding carboxylic acids is 2. The van der Waals surface area contributed by atoms with Crippen LogP contribution in [0.2, 0.25) is 0 Å². The molecular weight excluding hydrogens is 268 g/mol. The van der Waals surface area contributed by atoms with Crippen molar-refractivity contribution in [1.82, 2.24) is 10.2 Å². The number of β-lactam (4-membered cyclic amide) rings is 1. The van der Waals surface area contributed by atoms with Gasteiger partial charge in [-0.15, -0.1) is 0 Å². The maximum atomic E-state index is 12.1. The van der Waals surface area contributed by atoms with Gasteiger partial charge in [-0.05, 0) is 33.3 Å². The number of nitrogens with zero attached hydrogens (tertiary/aromatic N) is 1. The van der Waals surface area contributed by atoms with Gasteiger partial charge in [0.25, 0.3) is 0 Å². The van der Waals surface area contributed by atoms with E-state index in [1.165, 1.54) is 0 Å². The van der Waals surface area contributed by atoms with E-state index in [1.54, 1.807) is 25.7 Å². The van der Waals surface area contributed by atoms with Crippen LogP contribution in [-0.2, 0) is 16.1 Å². The molecule has 1 fully saturated rings. The molecule has 1 saturated heterocycles. The molecule has 0 saturated carbocycles. The summed E-state index contributed by atoms with van der Waals surface area (Å²) in [5, 5.41) is 2.64. The van der Waals surface area contributed by atoms with E-state index in [2.05, 4.69) is 5.32 Å². The highest BCUT2D eigenvalue weighted by atomic mass is 16.6. The summed E-state index contributed by atoms with van der Waals surface area (Å²) in [6.07, 6.45) is -0.549. The second kappa shape index (κ2) is 5.76. The lowest BCUT2D eigenvalue weighted by Crippen LogP contribution is -2.69. The first-order valence-corrected chi connectivity index (χ1v) is 7.12. The van der Waals surface area contributed by atoms with Crippen LogP contribution < -0.4 is 5.32 Å². The summed E-state index contributed by atoms with van der Waals surface area (Å²) in [6, 6.07) is 9.26. The molecule has 5 heteroatoms. The summed E-state index contributed by atoms with van der Waals surface area (Å²) in [7, 11) is 0. The average molecular weight is 290 g/mol. The molecule has 2 atom stereocenters. The Hall–Kier alpha value is -2.04. The van der Waals surface area contributed by atoms with Crippen LogP contribution in [-0.4, -0.2) is 34.6 Å². The third-order valence-corrected chi connectivity index (χ3v) is 3.39. The van der Waals surface area contributed by atoms with Gasteiger partial charge in [0.2, 0.25) is 5.91 Å². The summed E-state index contributed by atoms with van der Waals surface area (Å²) in [4.78, 5) is 25.6. The third kappa shape index (κ3) is 3.74. The van der Waals surface area contributed by atoms with E-state index >= 15 is 0 Å². The normalized spacial score (nSPS) is 21.7. The number of hydrogen-bond donors (Lipinski definition) is 1. The van der Waals surface area contributed by atoms with Gasteiger partial charge in [0.1, 0.15) is 11.6 Å². The molecule has 114 valence electrons. The minimum absolute atomic E-state index is 0.0368. The van der Waals surface area contributed by atoms with Crippen molar-refractivity contribution in [1.29, 1.82) is 0 Å². The largest absolute Gasteiger partial charge is 0.444 e. The molecule has 0 spiro atoms. The Morgan fingerprint density at radius 2 is 1.90 bits per heavy atom. The van der Waals surface area contributed by atoms with E-state index in [0.717, 1.165) is 5.56 Å². The maximum Gasteiger partial charge on any atom is 0.408 e. The van der Waals surface area contributed by atoms with E-state index in [0.29, 0.717) is 6.54 Å². The molecule has 1 aromatic carbocycles. The van der Waals surface area contributed by atoms with E-state index in [9.17, 15) is 9.59 Å². The third-order valence-electron chi connectivity index (χ3n) is 3.39. The van der Waals surface area contributed by atoms with Crippen molar-refractivity contribution < 1.29 is 14.3 Å². The zero-order valence-corrected chi connectivity index (χ0v) is 12.9. The number of rotatable bonds is 3. The van der Waals surface area contributed by atoms with E-state index in [-0.39, 0.29) is 11.9 Å². The van der Waals surface area contributed by atoms with Gasteiger partial charge >= 0.3 is 6.09 Å². The molecule has 1 N–H and O–H groups in total. The van der Waals surface area contributed by atoms with Gasteiger partial charge in [0.05, 0.1) is 6.04 Å². The van der Waals surface area contributed by atoms with Gasteiger partial charge in [-0.3, -0.25) is 4.79 Å². The van der Waals surface area contributed by atoms with E-state index in [4.69, 9.17) is 4.74 Å². The van der Waals surface area contributed by atoms with Crippen LogP contribution in [0.3, 0.4) is 0 Å². The Balaban J connectivity index is 1.89. The molecule has 1 aliphatic heterocycles. The highest BCUT2D eigenvalue weighted by molar-refractivity contribution is 5.92. The van der Waals surface area contributed by atoms with Crippen LogP contribution in [0.4, 0.5) is 4.79 Å². The Bertz CT molecular complexity index is 522. The molecule has 0 aliphatic carbocycles. The van der Waals surface area contributed by atoms with Gasteiger partial charge in [-0.2, -0.15) is 0 Å². The van der Waals surface area contributed by atoms with Crippen molar-refractivity contribution in [3.8, 4) is 0 Å². The van der Waals surface area contributed by atoms with E-state index < -0.39 is 17.7 Å². The standard InChI is InChI=1S/C16H22N2O3/c1-11-13(17-15(20)21-16(2,3)4)14(19)18(11)10-12-8-6-5-7-9-12/h5-9,11,13H,10H2,1-4H3,(H,17,20)/t11-,13+/m1/s1. The Morgan fingerprint density at radius 3 is 2.43 bits per heavy atom. The van der Waals surface area contributed by atoms with Crippen LogP contribution in [0.15, 0.2) is 30.3 Å². The van der Waals surface area contributed by atoms with Crippen molar-refractivity contribution in [2.45, 2.75) is 51.9 Å². The summed E-state index contributed by atoms with van der Waals surface area (Å²) >= 11 is 0. The molecule has 1 heterocycles. The fourth-order valence-electron chi connectivity index (χ4n) is 2.30. The minimum atomic E-state index is -0.566. The topological polar surface area (TPSA) is 58.6 Å². The molecule has 2 rings (SSSR count). The number of ether oxygens (including phenoxy) is 1. The second-order valence-electron chi connectivity index (χ2n) is 6.32. The number of alkyl carbamates (subject to hydrolysis) is 1. The number of hydrogen-bond acceptors (Lipinski definition) is 3. The Kier molecular flexibility index (Phi) is 4.21. The molecule has 2 amide bonds. The molecule has 1 aliphatic rings. The first-order chi connectivity index (χ1) is 9.78. The average Bonchev–Trinajstić information content (AvgIpc) is 2.41. The van der Waals surface area contributed by atoms with E-state index in [1.807, 2.05) is 37.3 Å². The number of amides is 2. The minimum Gasteiger partial charge on any atom is -0.444 e. The molecule has 21 heavy (non-hydrogen) atoms. The Morgan fingerprint density at radius 1 is 1.29 bits per heavy atom. The smallest absolute Gasteiger partial charge is 0.408 e. The number of nitrogens with one attached hydrogen (secondary N) is 1. The van der Waals surface area contributed by atoms with Gasteiger partial charge in [0, 0.05) is 6.54 Å². The van der Waals surface area contributed by atoms with Crippen molar-refractivity contribution in [2.75, 3.05) is 0 Å². The van der Waals surface area contributed by atoms with Crippen LogP contribution in [0, 0.1) is 0 Å². The summed E-state index contributed by atoms with van der Waals surface area (Å²) in [5.41, 5.74) is 0.512. The van der Waals surface area contributed by atoms with Gasteiger partial charge in [-0.25, -0.2) is 4.79 Å². The lowest BCUT2D eigenvalue weighted by Gasteiger charge is -2.45. The molecule has 0 unspecified atom stereocenters. The molecule has 0 aromatic heterocycles. The van der Waals surface area contributed by atoms with Crippen molar-refractivity contribution in [2.24, 2.45) is 0 Å². The molecule has 1 aromatic rings. The lowest BCUT2D eigenvalue weighted by molar-refractivity contribution is -0.151.